The van der Waals surface area contributed by atoms with Gasteiger partial charge in [-0.25, -0.2) is 5.84 Å². The number of thiophene rings is 1. The highest BCUT2D eigenvalue weighted by molar-refractivity contribution is 7.15. The van der Waals surface area contributed by atoms with Gasteiger partial charge in [0.05, 0.1) is 6.54 Å². The summed E-state index contributed by atoms with van der Waals surface area (Å²) in [5.41, 5.74) is 4.00. The number of nitrogens with zero attached hydrogens (tertiary/aromatic N) is 3. The van der Waals surface area contributed by atoms with Crippen LogP contribution in [-0.4, -0.2) is 21.6 Å². The van der Waals surface area contributed by atoms with E-state index in [1.807, 2.05) is 11.3 Å². The third kappa shape index (κ3) is 2.14. The number of hydrogen-bond acceptors (Lipinski definition) is 7. The minimum absolute atomic E-state index is 0.457. The second kappa shape index (κ2) is 4.93. The Bertz CT molecular complexity index is 535. The van der Waals surface area contributed by atoms with E-state index in [0.717, 1.165) is 24.5 Å². The van der Waals surface area contributed by atoms with Crippen LogP contribution in [0.25, 0.3) is 0 Å². The van der Waals surface area contributed by atoms with Crippen LogP contribution in [-0.2, 0) is 13.0 Å². The monoisotopic (exact) mass is 281 g/mol. The molecular formula is C11H15N5S2. The molecule has 1 aliphatic rings. The maximum absolute atomic E-state index is 5.32. The fourth-order valence-corrected chi connectivity index (χ4v) is 3.97. The number of anilines is 1. The van der Waals surface area contributed by atoms with E-state index in [2.05, 4.69) is 38.9 Å². The third-order valence-corrected chi connectivity index (χ3v) is 5.17. The summed E-state index contributed by atoms with van der Waals surface area (Å²) >= 11 is 3.38. The molecule has 96 valence electrons. The molecule has 18 heavy (non-hydrogen) atoms. The summed E-state index contributed by atoms with van der Waals surface area (Å²) in [5.74, 6) is 5.32. The summed E-state index contributed by atoms with van der Waals surface area (Å²) in [5, 5.41) is 12.0. The van der Waals surface area contributed by atoms with Crippen molar-refractivity contribution in [3.8, 4) is 0 Å². The summed E-state index contributed by atoms with van der Waals surface area (Å²) in [6, 6.07) is 2.70. The lowest BCUT2D eigenvalue weighted by Gasteiger charge is -2.32. The molecule has 0 saturated carbocycles. The van der Waals surface area contributed by atoms with Gasteiger partial charge in [-0.2, -0.15) is 0 Å². The quantitative estimate of drug-likeness (QED) is 0.665. The molecule has 0 bridgehead atoms. The van der Waals surface area contributed by atoms with Crippen LogP contribution in [0.5, 0.6) is 0 Å². The smallest absolute Gasteiger partial charge is 0.219 e. The molecule has 2 aromatic heterocycles. The van der Waals surface area contributed by atoms with Gasteiger partial charge < -0.3 is 0 Å². The van der Waals surface area contributed by atoms with Crippen molar-refractivity contribution in [3.63, 3.8) is 0 Å². The summed E-state index contributed by atoms with van der Waals surface area (Å²) < 4.78 is 0. The van der Waals surface area contributed by atoms with Crippen LogP contribution in [0.1, 0.15) is 28.4 Å². The van der Waals surface area contributed by atoms with E-state index in [1.54, 1.807) is 0 Å². The van der Waals surface area contributed by atoms with E-state index in [-0.39, 0.29) is 0 Å². The normalized spacial score (nSPS) is 19.8. The van der Waals surface area contributed by atoms with E-state index < -0.39 is 0 Å². The third-order valence-electron chi connectivity index (χ3n) is 3.33. The van der Waals surface area contributed by atoms with E-state index in [1.165, 1.54) is 21.8 Å². The highest BCUT2D eigenvalue weighted by Crippen LogP contribution is 2.34. The van der Waals surface area contributed by atoms with Crippen LogP contribution < -0.4 is 11.3 Å². The number of hydrogen-bond donors (Lipinski definition) is 2. The highest BCUT2D eigenvalue weighted by Gasteiger charge is 2.25. The van der Waals surface area contributed by atoms with Crippen molar-refractivity contribution in [1.82, 2.24) is 15.1 Å². The van der Waals surface area contributed by atoms with Crippen LogP contribution in [0.2, 0.25) is 0 Å². The predicted octanol–water partition coefficient (Wildman–Crippen LogP) is 2.00. The van der Waals surface area contributed by atoms with Crippen molar-refractivity contribution >= 4 is 27.8 Å². The zero-order chi connectivity index (χ0) is 12.5. The van der Waals surface area contributed by atoms with Gasteiger partial charge in [0.2, 0.25) is 5.13 Å². The Labute approximate surface area is 114 Å². The number of nitrogens with one attached hydrogen (secondary N) is 1. The van der Waals surface area contributed by atoms with Crippen molar-refractivity contribution < 1.29 is 0 Å². The highest BCUT2D eigenvalue weighted by atomic mass is 32.1. The minimum Gasteiger partial charge on any atom is -0.298 e. The number of hydrazine groups is 1. The molecule has 1 aliphatic heterocycles. The molecule has 0 saturated heterocycles. The van der Waals surface area contributed by atoms with E-state index in [0.29, 0.717) is 11.2 Å². The minimum atomic E-state index is 0.457. The summed E-state index contributed by atoms with van der Waals surface area (Å²) in [4.78, 5) is 3.97. The van der Waals surface area contributed by atoms with Gasteiger partial charge in [-0.05, 0) is 30.4 Å². The second-order valence-corrected chi connectivity index (χ2v) is 6.40. The lowest BCUT2D eigenvalue weighted by molar-refractivity contribution is 0.191. The molecule has 7 heteroatoms. The van der Waals surface area contributed by atoms with Crippen LogP contribution in [0.4, 0.5) is 5.13 Å². The molecule has 5 nitrogen and oxygen atoms in total. The van der Waals surface area contributed by atoms with Crippen molar-refractivity contribution in [2.75, 3.05) is 12.0 Å². The maximum Gasteiger partial charge on any atom is 0.219 e. The maximum atomic E-state index is 5.32. The Morgan fingerprint density at radius 3 is 3.22 bits per heavy atom. The average Bonchev–Trinajstić information content (AvgIpc) is 3.01. The molecule has 2 aromatic rings. The summed E-state index contributed by atoms with van der Waals surface area (Å²) in [6.45, 7) is 4.18. The molecule has 3 heterocycles. The second-order valence-electron chi connectivity index (χ2n) is 4.34. The number of nitrogen functional groups attached to an aromatic ring is 1. The SMILES string of the molecule is CC1c2ccsc2CCN1Cc1nnc(NN)s1. The molecule has 0 spiro atoms. The van der Waals surface area contributed by atoms with Crippen molar-refractivity contribution in [1.29, 1.82) is 0 Å². The largest absolute Gasteiger partial charge is 0.298 e. The van der Waals surface area contributed by atoms with Gasteiger partial charge in [0.1, 0.15) is 5.01 Å². The van der Waals surface area contributed by atoms with Crippen molar-refractivity contribution in [2.24, 2.45) is 5.84 Å². The zero-order valence-electron chi connectivity index (χ0n) is 10.1. The van der Waals surface area contributed by atoms with Crippen LogP contribution in [0.15, 0.2) is 11.4 Å². The predicted molar refractivity (Wildman–Crippen MR) is 74.6 cm³/mol. The zero-order valence-corrected chi connectivity index (χ0v) is 11.7. The number of fused-ring (bicyclic) bond motifs is 1. The van der Waals surface area contributed by atoms with Crippen LogP contribution >= 0.6 is 22.7 Å². The van der Waals surface area contributed by atoms with Gasteiger partial charge in [0, 0.05) is 17.5 Å². The number of nitrogens with two attached hydrogens (primary N) is 1. The summed E-state index contributed by atoms with van der Waals surface area (Å²) in [6.07, 6.45) is 1.14. The van der Waals surface area contributed by atoms with Gasteiger partial charge in [-0.1, -0.05) is 11.3 Å². The molecule has 1 unspecified atom stereocenters. The van der Waals surface area contributed by atoms with Gasteiger partial charge >= 0.3 is 0 Å². The number of rotatable bonds is 3. The van der Waals surface area contributed by atoms with Crippen molar-refractivity contribution in [3.05, 3.63) is 26.9 Å². The van der Waals surface area contributed by atoms with Crippen molar-refractivity contribution in [2.45, 2.75) is 25.9 Å². The lowest BCUT2D eigenvalue weighted by Crippen LogP contribution is -2.32. The van der Waals surface area contributed by atoms with Crippen LogP contribution in [0, 0.1) is 0 Å². The van der Waals surface area contributed by atoms with E-state index >= 15 is 0 Å². The Morgan fingerprint density at radius 1 is 1.56 bits per heavy atom. The Hall–Kier alpha value is -1.02. The molecule has 0 aromatic carbocycles. The molecule has 0 fully saturated rings. The fraction of sp³-hybridized carbons (Fsp3) is 0.455. The first kappa shape index (κ1) is 12.0. The first-order valence-corrected chi connectivity index (χ1v) is 7.57. The van der Waals surface area contributed by atoms with Crippen LogP contribution in [0.3, 0.4) is 0 Å². The molecule has 0 amide bonds. The topological polar surface area (TPSA) is 67.1 Å². The van der Waals surface area contributed by atoms with Gasteiger partial charge in [-0.15, -0.1) is 21.5 Å². The molecule has 1 atom stereocenters. The molecule has 0 aliphatic carbocycles. The Morgan fingerprint density at radius 2 is 2.44 bits per heavy atom. The molecule has 0 radical (unpaired) electrons. The van der Waals surface area contributed by atoms with Gasteiger partial charge in [0.25, 0.3) is 0 Å². The average molecular weight is 281 g/mol. The Balaban J connectivity index is 1.74. The number of aromatic nitrogens is 2. The molecule has 3 rings (SSSR count). The van der Waals surface area contributed by atoms with Gasteiger partial charge in [0.15, 0.2) is 0 Å². The van der Waals surface area contributed by atoms with E-state index in [9.17, 15) is 0 Å². The first-order chi connectivity index (χ1) is 8.78. The Kier molecular flexibility index (Phi) is 3.29. The van der Waals surface area contributed by atoms with Gasteiger partial charge in [-0.3, -0.25) is 10.3 Å². The van der Waals surface area contributed by atoms with E-state index in [4.69, 9.17) is 5.84 Å². The fourth-order valence-electron chi connectivity index (χ4n) is 2.33. The molecule has 3 N–H and O–H groups in total. The molecular weight excluding hydrogens is 266 g/mol. The summed E-state index contributed by atoms with van der Waals surface area (Å²) in [7, 11) is 0. The standard InChI is InChI=1S/C11H15N5S2/c1-7-8-3-5-17-9(8)2-4-16(7)6-10-14-15-11(13-12)18-10/h3,5,7H,2,4,6,12H2,1H3,(H,13,15). The first-order valence-electron chi connectivity index (χ1n) is 5.87. The lowest BCUT2D eigenvalue weighted by atomic mass is 10.0.